The number of esters is 1. The van der Waals surface area contributed by atoms with Gasteiger partial charge in [0.1, 0.15) is 28.2 Å². The minimum Gasteiger partial charge on any atom is -0.457 e. The summed E-state index contributed by atoms with van der Waals surface area (Å²) in [6.45, 7) is 1.84. The second-order valence-electron chi connectivity index (χ2n) is 5.76. The van der Waals surface area contributed by atoms with Crippen LogP contribution in [0, 0.1) is 5.92 Å². The number of allylic oxidation sites excluding steroid dienone is 2. The van der Waals surface area contributed by atoms with E-state index in [1.165, 1.54) is 0 Å². The number of nitrogens with zero attached hydrogens (tertiary/aromatic N) is 1. The molecular weight excluding hydrogens is 402 g/mol. The molecule has 0 spiro atoms. The summed E-state index contributed by atoms with van der Waals surface area (Å²) in [4.78, 5) is 16.6. The van der Waals surface area contributed by atoms with Crippen molar-refractivity contribution in [3.8, 4) is 11.3 Å². The van der Waals surface area contributed by atoms with Crippen molar-refractivity contribution in [2.75, 3.05) is 0 Å². The van der Waals surface area contributed by atoms with Crippen molar-refractivity contribution in [3.05, 3.63) is 64.0 Å². The SMILES string of the molecule is CC1=NC(=S)C2C(=O)O/C(=C\c3ccc(-c4ccc(Br)cc4)o3)C2=C1. The van der Waals surface area contributed by atoms with Gasteiger partial charge in [-0.05, 0) is 37.3 Å². The van der Waals surface area contributed by atoms with Crippen LogP contribution in [0.5, 0.6) is 0 Å². The van der Waals surface area contributed by atoms with Crippen molar-refractivity contribution in [2.45, 2.75) is 6.92 Å². The lowest BCUT2D eigenvalue weighted by Gasteiger charge is -2.11. The number of rotatable bonds is 2. The number of hydrogen-bond acceptors (Lipinski definition) is 4. The zero-order chi connectivity index (χ0) is 17.6. The van der Waals surface area contributed by atoms with Gasteiger partial charge in [-0.1, -0.05) is 40.3 Å². The van der Waals surface area contributed by atoms with Crippen LogP contribution in [-0.2, 0) is 9.53 Å². The van der Waals surface area contributed by atoms with Crippen molar-refractivity contribution in [2.24, 2.45) is 10.9 Å². The third kappa shape index (κ3) is 3.03. The normalized spacial score (nSPS) is 21.0. The fourth-order valence-electron chi connectivity index (χ4n) is 2.82. The highest BCUT2D eigenvalue weighted by molar-refractivity contribution is 9.10. The number of furan rings is 1. The van der Waals surface area contributed by atoms with Gasteiger partial charge >= 0.3 is 5.97 Å². The maximum Gasteiger partial charge on any atom is 0.326 e. The first kappa shape index (κ1) is 16.2. The van der Waals surface area contributed by atoms with E-state index in [1.54, 1.807) is 6.08 Å². The summed E-state index contributed by atoms with van der Waals surface area (Å²) in [5.74, 6) is 0.826. The molecule has 25 heavy (non-hydrogen) atoms. The number of ether oxygens (including phenoxy) is 1. The van der Waals surface area contributed by atoms with Gasteiger partial charge in [0.15, 0.2) is 0 Å². The Morgan fingerprint density at radius 1 is 1.20 bits per heavy atom. The number of benzene rings is 1. The quantitative estimate of drug-likeness (QED) is 0.516. The van der Waals surface area contributed by atoms with E-state index in [-0.39, 0.29) is 0 Å². The Labute approximate surface area is 158 Å². The smallest absolute Gasteiger partial charge is 0.326 e. The van der Waals surface area contributed by atoms with Gasteiger partial charge in [-0.15, -0.1) is 0 Å². The second kappa shape index (κ2) is 6.20. The van der Waals surface area contributed by atoms with Crippen molar-refractivity contribution >= 4 is 50.9 Å². The molecule has 3 heterocycles. The molecule has 0 radical (unpaired) electrons. The Morgan fingerprint density at radius 3 is 2.72 bits per heavy atom. The van der Waals surface area contributed by atoms with E-state index in [0.29, 0.717) is 16.5 Å². The van der Waals surface area contributed by atoms with Gasteiger partial charge in [-0.3, -0.25) is 4.79 Å². The van der Waals surface area contributed by atoms with E-state index in [1.807, 2.05) is 49.4 Å². The first-order valence-corrected chi connectivity index (χ1v) is 8.81. The standard InChI is InChI=1S/C19H12BrNO3S/c1-10-8-14-16(24-19(22)17(14)18(25)21-10)9-13-6-7-15(23-13)11-2-4-12(20)5-3-11/h2-9,17H,1H3/b16-9-. The first-order valence-electron chi connectivity index (χ1n) is 7.61. The Balaban J connectivity index is 1.68. The van der Waals surface area contributed by atoms with Crippen LogP contribution in [0.4, 0.5) is 0 Å². The van der Waals surface area contributed by atoms with E-state index in [2.05, 4.69) is 20.9 Å². The fraction of sp³-hybridized carbons (Fsp3) is 0.105. The average Bonchev–Trinajstić information content (AvgIpc) is 3.14. The van der Waals surface area contributed by atoms with Crippen LogP contribution in [0.25, 0.3) is 17.4 Å². The van der Waals surface area contributed by atoms with Crippen molar-refractivity contribution in [1.29, 1.82) is 0 Å². The third-order valence-electron chi connectivity index (χ3n) is 3.97. The number of thiocarbonyl (C=S) groups is 1. The largest absolute Gasteiger partial charge is 0.457 e. The number of dihydropyridines is 1. The van der Waals surface area contributed by atoms with Gasteiger partial charge in [0, 0.05) is 27.4 Å². The molecular formula is C19H12BrNO3S. The predicted molar refractivity (Wildman–Crippen MR) is 103 cm³/mol. The van der Waals surface area contributed by atoms with Crippen molar-refractivity contribution < 1.29 is 13.9 Å². The summed E-state index contributed by atoms with van der Waals surface area (Å²) in [6, 6.07) is 11.6. The number of carbonyl (C=O) groups is 1. The topological polar surface area (TPSA) is 51.8 Å². The number of aliphatic imine (C=N–C) groups is 1. The molecule has 1 atom stereocenters. The molecule has 1 aromatic carbocycles. The number of hydrogen-bond donors (Lipinski definition) is 0. The number of halogens is 1. The molecule has 124 valence electrons. The van der Waals surface area contributed by atoms with Gasteiger partial charge in [0.05, 0.1) is 0 Å². The predicted octanol–water partition coefficient (Wildman–Crippen LogP) is 4.95. The van der Waals surface area contributed by atoms with Gasteiger partial charge in [0.25, 0.3) is 0 Å². The lowest BCUT2D eigenvalue weighted by molar-refractivity contribution is -0.137. The van der Waals surface area contributed by atoms with Gasteiger partial charge in [0.2, 0.25) is 0 Å². The van der Waals surface area contributed by atoms with Crippen LogP contribution in [0.15, 0.2) is 67.7 Å². The molecule has 6 heteroatoms. The number of fused-ring (bicyclic) bond motifs is 1. The Kier molecular flexibility index (Phi) is 4.01. The molecule has 2 aliphatic rings. The highest BCUT2D eigenvalue weighted by Gasteiger charge is 2.41. The number of carbonyl (C=O) groups excluding carboxylic acids is 1. The molecule has 2 aliphatic heterocycles. The summed E-state index contributed by atoms with van der Waals surface area (Å²) in [6.07, 6.45) is 3.54. The highest BCUT2D eigenvalue weighted by atomic mass is 79.9. The zero-order valence-corrected chi connectivity index (χ0v) is 15.6. The van der Waals surface area contributed by atoms with E-state index in [9.17, 15) is 4.79 Å². The van der Waals surface area contributed by atoms with Gasteiger partial charge in [-0.25, -0.2) is 4.99 Å². The maximum absolute atomic E-state index is 12.1. The fourth-order valence-corrected chi connectivity index (χ4v) is 3.45. The molecule has 0 aliphatic carbocycles. The molecule has 0 amide bonds. The van der Waals surface area contributed by atoms with E-state index < -0.39 is 11.9 Å². The van der Waals surface area contributed by atoms with E-state index in [4.69, 9.17) is 21.4 Å². The summed E-state index contributed by atoms with van der Waals surface area (Å²) >= 11 is 8.62. The van der Waals surface area contributed by atoms with Crippen molar-refractivity contribution in [1.82, 2.24) is 0 Å². The third-order valence-corrected chi connectivity index (χ3v) is 4.82. The molecule has 1 saturated heterocycles. The number of cyclic esters (lactones) is 1. The second-order valence-corrected chi connectivity index (χ2v) is 7.10. The molecule has 0 saturated carbocycles. The lowest BCUT2D eigenvalue weighted by Crippen LogP contribution is -2.21. The van der Waals surface area contributed by atoms with E-state index >= 15 is 0 Å². The van der Waals surface area contributed by atoms with Crippen molar-refractivity contribution in [3.63, 3.8) is 0 Å². The molecule has 2 aromatic rings. The summed E-state index contributed by atoms with van der Waals surface area (Å²) in [5, 5.41) is 0. The molecule has 0 bridgehead atoms. The van der Waals surface area contributed by atoms with Crippen LogP contribution < -0.4 is 0 Å². The minimum atomic E-state index is -0.592. The maximum atomic E-state index is 12.1. The van der Waals surface area contributed by atoms with E-state index in [0.717, 1.165) is 27.1 Å². The molecule has 1 aromatic heterocycles. The molecule has 0 N–H and O–H groups in total. The molecule has 1 fully saturated rings. The lowest BCUT2D eigenvalue weighted by atomic mass is 9.96. The van der Waals surface area contributed by atoms with Crippen LogP contribution in [0.1, 0.15) is 12.7 Å². The minimum absolute atomic E-state index is 0.346. The zero-order valence-electron chi connectivity index (χ0n) is 13.2. The first-order chi connectivity index (χ1) is 12.0. The van der Waals surface area contributed by atoms with Crippen LogP contribution in [0.2, 0.25) is 0 Å². The van der Waals surface area contributed by atoms with Crippen LogP contribution in [0.3, 0.4) is 0 Å². The van der Waals surface area contributed by atoms with Gasteiger partial charge < -0.3 is 9.15 Å². The Morgan fingerprint density at radius 2 is 1.96 bits per heavy atom. The monoisotopic (exact) mass is 413 g/mol. The Bertz CT molecular complexity index is 982. The van der Waals surface area contributed by atoms with Gasteiger partial charge in [-0.2, -0.15) is 0 Å². The Hall–Kier alpha value is -2.31. The summed E-state index contributed by atoms with van der Waals surface area (Å²) in [5.41, 5.74) is 2.47. The molecule has 4 rings (SSSR count). The molecule has 4 nitrogen and oxygen atoms in total. The molecule has 1 unspecified atom stereocenters. The summed E-state index contributed by atoms with van der Waals surface area (Å²) in [7, 11) is 0. The van der Waals surface area contributed by atoms with Crippen LogP contribution in [-0.4, -0.2) is 16.7 Å². The highest BCUT2D eigenvalue weighted by Crippen LogP contribution is 2.36. The van der Waals surface area contributed by atoms with Crippen LogP contribution >= 0.6 is 28.1 Å². The summed E-state index contributed by atoms with van der Waals surface area (Å²) < 4.78 is 12.3. The average molecular weight is 414 g/mol.